The number of carbonyl (C=O) groups excluding carboxylic acids is 1. The van der Waals surface area contributed by atoms with Crippen molar-refractivity contribution in [1.82, 2.24) is 5.32 Å². The standard InChI is InChI=1S/C40H77NO13/c1-3-5-6-7-8-9-10-11-12-13-14-15-16-17-18-19-20-21-22-23-24-29(44)28(41-32(45)4-2)27-51-39-37(50)35(48)38(31(26-43)53-39)54-40-36(49)34(47)33(46)30(25-42)52-40/h28-31,33-40,42-44,46-50H,3-27H2,1-2H3,(H,41,45). The fraction of sp³-hybridized carbons (Fsp3) is 0.975. The van der Waals surface area contributed by atoms with Crippen molar-refractivity contribution < 1.29 is 64.6 Å². The lowest BCUT2D eigenvalue weighted by Gasteiger charge is -2.46. The van der Waals surface area contributed by atoms with Crippen molar-refractivity contribution in [3.05, 3.63) is 0 Å². The zero-order valence-corrected chi connectivity index (χ0v) is 33.2. The van der Waals surface area contributed by atoms with Gasteiger partial charge in [-0.05, 0) is 6.42 Å². The summed E-state index contributed by atoms with van der Waals surface area (Å²) < 4.78 is 22.3. The smallest absolute Gasteiger partial charge is 0.220 e. The first-order valence-corrected chi connectivity index (χ1v) is 21.3. The maximum atomic E-state index is 12.3. The lowest BCUT2D eigenvalue weighted by atomic mass is 9.97. The highest BCUT2D eigenvalue weighted by atomic mass is 16.7. The van der Waals surface area contributed by atoms with Crippen LogP contribution < -0.4 is 5.32 Å². The number of ether oxygens (including phenoxy) is 4. The predicted molar refractivity (Wildman–Crippen MR) is 203 cm³/mol. The van der Waals surface area contributed by atoms with Gasteiger partial charge < -0.3 is 65.1 Å². The molecule has 0 bridgehead atoms. The fourth-order valence-electron chi connectivity index (χ4n) is 7.26. The van der Waals surface area contributed by atoms with Crippen LogP contribution in [0.3, 0.4) is 0 Å². The summed E-state index contributed by atoms with van der Waals surface area (Å²) in [4.78, 5) is 12.3. The third-order valence-corrected chi connectivity index (χ3v) is 10.9. The van der Waals surface area contributed by atoms with Gasteiger partial charge in [-0.15, -0.1) is 0 Å². The largest absolute Gasteiger partial charge is 0.394 e. The summed E-state index contributed by atoms with van der Waals surface area (Å²) in [5.74, 6) is -0.294. The number of amides is 1. The van der Waals surface area contributed by atoms with Crippen molar-refractivity contribution in [2.75, 3.05) is 19.8 Å². The van der Waals surface area contributed by atoms with E-state index < -0.39 is 86.8 Å². The molecule has 2 aliphatic heterocycles. The van der Waals surface area contributed by atoms with Gasteiger partial charge >= 0.3 is 0 Å². The Morgan fingerprint density at radius 2 is 1.04 bits per heavy atom. The first-order chi connectivity index (χ1) is 26.1. The molecule has 14 heteroatoms. The maximum absolute atomic E-state index is 12.3. The molecular weight excluding hydrogens is 702 g/mol. The monoisotopic (exact) mass is 780 g/mol. The Labute approximate surface area is 323 Å². The molecule has 2 saturated heterocycles. The molecule has 12 unspecified atom stereocenters. The van der Waals surface area contributed by atoms with E-state index in [9.17, 15) is 45.6 Å². The van der Waals surface area contributed by atoms with Crippen LogP contribution in [0.25, 0.3) is 0 Å². The molecule has 54 heavy (non-hydrogen) atoms. The second-order valence-electron chi connectivity index (χ2n) is 15.4. The number of nitrogens with one attached hydrogen (secondary N) is 1. The summed E-state index contributed by atoms with van der Waals surface area (Å²) in [6.45, 7) is 2.30. The fourth-order valence-corrected chi connectivity index (χ4v) is 7.26. The van der Waals surface area contributed by atoms with Crippen molar-refractivity contribution in [3.8, 4) is 0 Å². The van der Waals surface area contributed by atoms with Crippen LogP contribution in [0.15, 0.2) is 0 Å². The minimum atomic E-state index is -1.77. The lowest BCUT2D eigenvalue weighted by Crippen LogP contribution is -2.65. The summed E-state index contributed by atoms with van der Waals surface area (Å²) in [5, 5.41) is 85.3. The summed E-state index contributed by atoms with van der Waals surface area (Å²) in [7, 11) is 0. The van der Waals surface area contributed by atoms with Crippen LogP contribution in [-0.2, 0) is 23.7 Å². The first-order valence-electron chi connectivity index (χ1n) is 21.3. The molecule has 2 aliphatic rings. The van der Waals surface area contributed by atoms with E-state index in [4.69, 9.17) is 18.9 Å². The Hall–Kier alpha value is -1.01. The van der Waals surface area contributed by atoms with Gasteiger partial charge in [0.25, 0.3) is 0 Å². The third kappa shape index (κ3) is 18.1. The highest BCUT2D eigenvalue weighted by molar-refractivity contribution is 5.75. The Kier molecular flexibility index (Phi) is 26.6. The van der Waals surface area contributed by atoms with Crippen molar-refractivity contribution in [3.63, 3.8) is 0 Å². The average Bonchev–Trinajstić information content (AvgIpc) is 3.17. The van der Waals surface area contributed by atoms with Gasteiger partial charge in [-0.25, -0.2) is 0 Å². The maximum Gasteiger partial charge on any atom is 0.220 e. The van der Waals surface area contributed by atoms with E-state index >= 15 is 0 Å². The van der Waals surface area contributed by atoms with Gasteiger partial charge in [-0.1, -0.05) is 142 Å². The van der Waals surface area contributed by atoms with E-state index in [1.54, 1.807) is 6.92 Å². The highest BCUT2D eigenvalue weighted by Crippen LogP contribution is 2.30. The van der Waals surface area contributed by atoms with Crippen LogP contribution >= 0.6 is 0 Å². The van der Waals surface area contributed by atoms with Crippen LogP contribution in [0, 0.1) is 0 Å². The van der Waals surface area contributed by atoms with Gasteiger partial charge in [0, 0.05) is 6.42 Å². The highest BCUT2D eigenvalue weighted by Gasteiger charge is 2.50. The molecule has 1 amide bonds. The molecule has 9 N–H and O–H groups in total. The SMILES string of the molecule is CCCCCCCCCCCCCCCCCCCCCCC(O)C(COC1OC(CO)C(OC2OC(CO)C(O)C(O)C2O)C(O)C1O)NC(=O)CC. The zero-order valence-electron chi connectivity index (χ0n) is 33.2. The van der Waals surface area contributed by atoms with E-state index in [2.05, 4.69) is 12.2 Å². The molecule has 14 nitrogen and oxygen atoms in total. The van der Waals surface area contributed by atoms with Gasteiger partial charge in [0.05, 0.1) is 32.0 Å². The van der Waals surface area contributed by atoms with E-state index in [-0.39, 0.29) is 18.9 Å². The van der Waals surface area contributed by atoms with Crippen LogP contribution in [-0.4, -0.2) is 140 Å². The first kappa shape index (κ1) is 49.1. The number of hydrogen-bond donors (Lipinski definition) is 9. The number of unbranched alkanes of at least 4 members (excludes halogenated alkanes) is 19. The molecule has 0 aromatic heterocycles. The number of carbonyl (C=O) groups is 1. The molecule has 0 saturated carbocycles. The summed E-state index contributed by atoms with van der Waals surface area (Å²) >= 11 is 0. The lowest BCUT2D eigenvalue weighted by molar-refractivity contribution is -0.359. The molecule has 2 fully saturated rings. The van der Waals surface area contributed by atoms with Gasteiger partial charge in [-0.2, -0.15) is 0 Å². The molecule has 0 spiro atoms. The summed E-state index contributed by atoms with van der Waals surface area (Å²) in [6.07, 6.45) is 9.54. The Morgan fingerprint density at radius 1 is 0.593 bits per heavy atom. The average molecular weight is 780 g/mol. The molecule has 2 rings (SSSR count). The Bertz CT molecular complexity index is 930. The Morgan fingerprint density at radius 3 is 1.50 bits per heavy atom. The number of hydrogen-bond acceptors (Lipinski definition) is 13. The van der Waals surface area contributed by atoms with Crippen molar-refractivity contribution in [2.45, 2.75) is 229 Å². The molecule has 320 valence electrons. The van der Waals surface area contributed by atoms with Gasteiger partial charge in [0.1, 0.15) is 48.8 Å². The van der Waals surface area contributed by atoms with Gasteiger partial charge in [0.2, 0.25) is 5.91 Å². The van der Waals surface area contributed by atoms with E-state index in [0.717, 1.165) is 25.7 Å². The Balaban J connectivity index is 1.65. The summed E-state index contributed by atoms with van der Waals surface area (Å²) in [5.41, 5.74) is 0. The molecule has 2 heterocycles. The molecule has 12 atom stereocenters. The quantitative estimate of drug-likeness (QED) is 0.0462. The second-order valence-corrected chi connectivity index (χ2v) is 15.4. The number of aliphatic hydroxyl groups is 8. The minimum absolute atomic E-state index is 0.188. The molecule has 0 aromatic rings. The van der Waals surface area contributed by atoms with Gasteiger partial charge in [0.15, 0.2) is 12.6 Å². The van der Waals surface area contributed by atoms with Gasteiger partial charge in [-0.3, -0.25) is 4.79 Å². The van der Waals surface area contributed by atoms with E-state index in [1.165, 1.54) is 103 Å². The normalized spacial score (nSPS) is 30.0. The second kappa shape index (κ2) is 29.2. The van der Waals surface area contributed by atoms with Crippen molar-refractivity contribution >= 4 is 5.91 Å². The molecule has 0 aromatic carbocycles. The van der Waals surface area contributed by atoms with Crippen LogP contribution in [0.1, 0.15) is 155 Å². The molecular formula is C40H77NO13. The van der Waals surface area contributed by atoms with Crippen molar-refractivity contribution in [2.24, 2.45) is 0 Å². The number of rotatable bonds is 31. The topological polar surface area (TPSA) is 228 Å². The third-order valence-electron chi connectivity index (χ3n) is 10.9. The summed E-state index contributed by atoms with van der Waals surface area (Å²) in [6, 6.07) is -0.818. The van der Waals surface area contributed by atoms with Crippen molar-refractivity contribution in [1.29, 1.82) is 0 Å². The number of aliphatic hydroxyl groups excluding tert-OH is 8. The van der Waals surface area contributed by atoms with Crippen LogP contribution in [0.4, 0.5) is 0 Å². The zero-order chi connectivity index (χ0) is 39.7. The van der Waals surface area contributed by atoms with Crippen LogP contribution in [0.2, 0.25) is 0 Å². The predicted octanol–water partition coefficient (Wildman–Crippen LogP) is 3.09. The molecule has 0 radical (unpaired) electrons. The molecule has 0 aliphatic carbocycles. The van der Waals surface area contributed by atoms with E-state index in [1.807, 2.05) is 0 Å². The minimum Gasteiger partial charge on any atom is -0.394 e. The van der Waals surface area contributed by atoms with Crippen LogP contribution in [0.5, 0.6) is 0 Å². The van der Waals surface area contributed by atoms with E-state index in [0.29, 0.717) is 6.42 Å².